The second-order valence-corrected chi connectivity index (χ2v) is 7.90. The maximum Gasteiger partial charge on any atom is 0.305 e. The van der Waals surface area contributed by atoms with Gasteiger partial charge in [0.25, 0.3) is 0 Å². The van der Waals surface area contributed by atoms with Crippen LogP contribution in [-0.4, -0.2) is 43.2 Å². The van der Waals surface area contributed by atoms with Gasteiger partial charge in [-0.3, -0.25) is 9.59 Å². The minimum Gasteiger partial charge on any atom is -0.481 e. The Morgan fingerprint density at radius 2 is 1.86 bits per heavy atom. The molecule has 1 rings (SSSR count). The van der Waals surface area contributed by atoms with Crippen LogP contribution >= 0.6 is 11.8 Å². The van der Waals surface area contributed by atoms with Gasteiger partial charge in [-0.1, -0.05) is 19.1 Å². The molecule has 0 spiro atoms. The van der Waals surface area contributed by atoms with Crippen LogP contribution in [0.25, 0.3) is 0 Å². The van der Waals surface area contributed by atoms with E-state index in [2.05, 4.69) is 5.32 Å². The van der Waals surface area contributed by atoms with Crippen molar-refractivity contribution < 1.29 is 23.1 Å². The second kappa shape index (κ2) is 8.19. The zero-order valence-corrected chi connectivity index (χ0v) is 14.0. The number of benzene rings is 1. The number of carbonyl (C=O) groups excluding carboxylic acids is 1. The molecule has 1 aromatic rings. The second-order valence-electron chi connectivity index (χ2n) is 4.67. The van der Waals surface area contributed by atoms with Gasteiger partial charge in [-0.05, 0) is 24.0 Å². The van der Waals surface area contributed by atoms with E-state index in [0.29, 0.717) is 5.56 Å². The number of hydrogen-bond donors (Lipinski definition) is 2. The molecule has 1 unspecified atom stereocenters. The monoisotopic (exact) mass is 345 g/mol. The number of carboxylic acids is 1. The van der Waals surface area contributed by atoms with Crippen molar-refractivity contribution in [1.82, 2.24) is 5.32 Å². The number of sulfone groups is 1. The Bertz CT molecular complexity index is 625. The normalized spacial score (nSPS) is 12.6. The van der Waals surface area contributed by atoms with Crippen LogP contribution in [0.4, 0.5) is 0 Å². The van der Waals surface area contributed by atoms with Crippen molar-refractivity contribution in [3.05, 3.63) is 29.8 Å². The fraction of sp³-hybridized carbons (Fsp3) is 0.429. The SMILES string of the molecule is CCS(=O)(=O)CC(=O)NC(CC(=O)O)c1ccc(SC)cc1. The Morgan fingerprint density at radius 3 is 2.32 bits per heavy atom. The van der Waals surface area contributed by atoms with E-state index < -0.39 is 33.5 Å². The van der Waals surface area contributed by atoms with Crippen LogP contribution in [0.2, 0.25) is 0 Å². The molecule has 0 saturated carbocycles. The first-order valence-corrected chi connectivity index (χ1v) is 9.67. The molecule has 0 radical (unpaired) electrons. The van der Waals surface area contributed by atoms with Crippen molar-refractivity contribution in [2.75, 3.05) is 17.8 Å². The van der Waals surface area contributed by atoms with Crippen LogP contribution in [0.5, 0.6) is 0 Å². The lowest BCUT2D eigenvalue weighted by Crippen LogP contribution is -2.35. The van der Waals surface area contributed by atoms with E-state index in [4.69, 9.17) is 5.11 Å². The third-order valence-corrected chi connectivity index (χ3v) is 5.35. The average Bonchev–Trinajstić information content (AvgIpc) is 2.45. The number of thioether (sulfide) groups is 1. The Morgan fingerprint density at radius 1 is 1.27 bits per heavy atom. The topological polar surface area (TPSA) is 101 Å². The molecule has 0 aliphatic heterocycles. The molecule has 0 aliphatic carbocycles. The molecule has 1 atom stereocenters. The molecule has 122 valence electrons. The highest BCUT2D eigenvalue weighted by Gasteiger charge is 2.21. The Kier molecular flexibility index (Phi) is 6.89. The molecule has 2 N–H and O–H groups in total. The molecule has 0 aliphatic rings. The van der Waals surface area contributed by atoms with Crippen LogP contribution in [0, 0.1) is 0 Å². The molecular formula is C14H19NO5S2. The fourth-order valence-corrected chi connectivity index (χ4v) is 2.90. The van der Waals surface area contributed by atoms with Gasteiger partial charge in [-0.15, -0.1) is 11.8 Å². The van der Waals surface area contributed by atoms with Gasteiger partial charge in [-0.2, -0.15) is 0 Å². The minimum absolute atomic E-state index is 0.133. The summed E-state index contributed by atoms with van der Waals surface area (Å²) in [6, 6.07) is 6.35. The zero-order valence-electron chi connectivity index (χ0n) is 12.4. The van der Waals surface area contributed by atoms with E-state index >= 15 is 0 Å². The van der Waals surface area contributed by atoms with Gasteiger partial charge < -0.3 is 10.4 Å². The number of hydrogen-bond acceptors (Lipinski definition) is 5. The van der Waals surface area contributed by atoms with E-state index in [1.165, 1.54) is 6.92 Å². The molecule has 0 aromatic heterocycles. The number of aliphatic carboxylic acids is 1. The van der Waals surface area contributed by atoms with E-state index in [0.717, 1.165) is 4.90 Å². The largest absolute Gasteiger partial charge is 0.481 e. The van der Waals surface area contributed by atoms with Gasteiger partial charge in [0.15, 0.2) is 9.84 Å². The van der Waals surface area contributed by atoms with Crippen molar-refractivity contribution in [2.24, 2.45) is 0 Å². The van der Waals surface area contributed by atoms with Crippen molar-refractivity contribution >= 4 is 33.5 Å². The minimum atomic E-state index is -3.45. The standard InChI is InChI=1S/C14H19NO5S2/c1-3-22(19,20)9-13(16)15-12(8-14(17)18)10-4-6-11(21-2)7-5-10/h4-7,12H,3,8-9H2,1-2H3,(H,15,16)(H,17,18). The maximum absolute atomic E-state index is 11.8. The molecule has 0 bridgehead atoms. The van der Waals surface area contributed by atoms with E-state index in [1.807, 2.05) is 18.4 Å². The zero-order chi connectivity index (χ0) is 16.8. The third kappa shape index (κ3) is 6.07. The summed E-state index contributed by atoms with van der Waals surface area (Å²) in [6.07, 6.45) is 1.61. The van der Waals surface area contributed by atoms with Gasteiger partial charge in [-0.25, -0.2) is 8.42 Å². The van der Waals surface area contributed by atoms with Gasteiger partial charge in [0, 0.05) is 10.6 Å². The lowest BCUT2D eigenvalue weighted by Gasteiger charge is -2.17. The summed E-state index contributed by atoms with van der Waals surface area (Å²) in [4.78, 5) is 23.8. The molecule has 22 heavy (non-hydrogen) atoms. The highest BCUT2D eigenvalue weighted by Crippen LogP contribution is 2.21. The van der Waals surface area contributed by atoms with Crippen molar-refractivity contribution in [2.45, 2.75) is 24.3 Å². The van der Waals surface area contributed by atoms with Crippen molar-refractivity contribution in [1.29, 1.82) is 0 Å². The summed E-state index contributed by atoms with van der Waals surface area (Å²) in [5.74, 6) is -2.53. The summed E-state index contributed by atoms with van der Waals surface area (Å²) < 4.78 is 22.9. The lowest BCUT2D eigenvalue weighted by atomic mass is 10.0. The van der Waals surface area contributed by atoms with Crippen LogP contribution in [0.3, 0.4) is 0 Å². The molecule has 1 aromatic carbocycles. The van der Waals surface area contributed by atoms with Gasteiger partial charge in [0.1, 0.15) is 5.75 Å². The van der Waals surface area contributed by atoms with Gasteiger partial charge in [0.05, 0.1) is 12.5 Å². The quantitative estimate of drug-likeness (QED) is 0.692. The van der Waals surface area contributed by atoms with Crippen molar-refractivity contribution in [3.8, 4) is 0 Å². The van der Waals surface area contributed by atoms with Crippen LogP contribution in [-0.2, 0) is 19.4 Å². The molecule has 6 nitrogen and oxygen atoms in total. The summed E-state index contributed by atoms with van der Waals surface area (Å²) in [5, 5.41) is 11.5. The Balaban J connectivity index is 2.88. The van der Waals surface area contributed by atoms with Gasteiger partial charge in [0.2, 0.25) is 5.91 Å². The molecule has 0 saturated heterocycles. The van der Waals surface area contributed by atoms with E-state index in [-0.39, 0.29) is 12.2 Å². The average molecular weight is 345 g/mol. The number of nitrogens with one attached hydrogen (secondary N) is 1. The smallest absolute Gasteiger partial charge is 0.305 e. The number of rotatable bonds is 8. The predicted molar refractivity (Wildman–Crippen MR) is 85.7 cm³/mol. The number of amides is 1. The van der Waals surface area contributed by atoms with Crippen molar-refractivity contribution in [3.63, 3.8) is 0 Å². The summed E-state index contributed by atoms with van der Waals surface area (Å²) in [6.45, 7) is 1.46. The highest BCUT2D eigenvalue weighted by atomic mass is 32.2. The molecular weight excluding hydrogens is 326 g/mol. The number of carboxylic acid groups (broad SMARTS) is 1. The Labute approximate surface area is 134 Å². The first-order chi connectivity index (χ1) is 10.3. The van der Waals surface area contributed by atoms with Gasteiger partial charge >= 0.3 is 5.97 Å². The third-order valence-electron chi connectivity index (χ3n) is 3.02. The van der Waals surface area contributed by atoms with Crippen LogP contribution in [0.15, 0.2) is 29.2 Å². The maximum atomic E-state index is 11.8. The highest BCUT2D eigenvalue weighted by molar-refractivity contribution is 7.98. The molecule has 0 heterocycles. The molecule has 8 heteroatoms. The Hall–Kier alpha value is -1.54. The van der Waals surface area contributed by atoms with E-state index in [1.54, 1.807) is 23.9 Å². The summed E-state index contributed by atoms with van der Waals surface area (Å²) in [5.41, 5.74) is 0.627. The predicted octanol–water partition coefficient (Wildman–Crippen LogP) is 1.48. The first-order valence-electron chi connectivity index (χ1n) is 6.63. The summed E-state index contributed by atoms with van der Waals surface area (Å²) >= 11 is 1.54. The summed E-state index contributed by atoms with van der Waals surface area (Å²) in [7, 11) is -3.45. The van der Waals surface area contributed by atoms with E-state index in [9.17, 15) is 18.0 Å². The first kappa shape index (κ1) is 18.5. The van der Waals surface area contributed by atoms with Crippen LogP contribution < -0.4 is 5.32 Å². The molecule has 1 amide bonds. The lowest BCUT2D eigenvalue weighted by molar-refractivity contribution is -0.137. The fourth-order valence-electron chi connectivity index (χ4n) is 1.80. The molecule has 0 fully saturated rings. The number of carbonyl (C=O) groups is 2. The van der Waals surface area contributed by atoms with Crippen LogP contribution in [0.1, 0.15) is 24.9 Å².